The molecular formula is C11H13ClFNO5S2. The number of rotatable bonds is 4. The number of sulfone groups is 1. The summed E-state index contributed by atoms with van der Waals surface area (Å²) in [6.07, 6.45) is 0.136. The fraction of sp³-hybridized carbons (Fsp3) is 0.455. The summed E-state index contributed by atoms with van der Waals surface area (Å²) in [5.74, 6) is -1.53. The summed E-state index contributed by atoms with van der Waals surface area (Å²) in [6.45, 7) is -0.702. The van der Waals surface area contributed by atoms with E-state index >= 15 is 0 Å². The molecule has 118 valence electrons. The molecule has 1 fully saturated rings. The Kier molecular flexibility index (Phi) is 4.60. The molecule has 2 rings (SSSR count). The van der Waals surface area contributed by atoms with Gasteiger partial charge in [0.1, 0.15) is 10.7 Å². The molecule has 1 aromatic rings. The second-order valence-corrected chi connectivity index (χ2v) is 9.10. The predicted octanol–water partition coefficient (Wildman–Crippen LogP) is 0.437. The maximum atomic E-state index is 14.0. The van der Waals surface area contributed by atoms with Crippen LogP contribution in [0.1, 0.15) is 12.0 Å². The lowest BCUT2D eigenvalue weighted by Crippen LogP contribution is -2.36. The number of halogens is 2. The van der Waals surface area contributed by atoms with Crippen LogP contribution in [0, 0.1) is 5.82 Å². The lowest BCUT2D eigenvalue weighted by molar-refractivity contribution is 0.274. The van der Waals surface area contributed by atoms with Crippen LogP contribution < -0.4 is 4.72 Å². The Labute approximate surface area is 126 Å². The van der Waals surface area contributed by atoms with Crippen molar-refractivity contribution in [1.29, 1.82) is 0 Å². The lowest BCUT2D eigenvalue weighted by Gasteiger charge is -2.13. The average Bonchev–Trinajstić information content (AvgIpc) is 2.70. The smallest absolute Gasteiger partial charge is 0.243 e. The third-order valence-corrected chi connectivity index (χ3v) is 6.60. The number of benzene rings is 1. The SMILES string of the molecule is O=S1(=O)CCC(NS(=O)(=O)c2cc(Cl)cc(CO)c2F)C1. The van der Waals surface area contributed by atoms with Gasteiger partial charge in [-0.1, -0.05) is 11.6 Å². The second kappa shape index (κ2) is 5.81. The number of hydrogen-bond acceptors (Lipinski definition) is 5. The molecule has 6 nitrogen and oxygen atoms in total. The van der Waals surface area contributed by atoms with Crippen LogP contribution in [0.2, 0.25) is 5.02 Å². The summed E-state index contributed by atoms with van der Waals surface area (Å²) in [5.41, 5.74) is -0.248. The Morgan fingerprint density at radius 1 is 1.43 bits per heavy atom. The minimum Gasteiger partial charge on any atom is -0.392 e. The first-order valence-electron chi connectivity index (χ1n) is 5.96. The van der Waals surface area contributed by atoms with Gasteiger partial charge >= 0.3 is 0 Å². The molecule has 21 heavy (non-hydrogen) atoms. The zero-order valence-corrected chi connectivity index (χ0v) is 13.1. The van der Waals surface area contributed by atoms with Crippen molar-refractivity contribution in [3.63, 3.8) is 0 Å². The maximum absolute atomic E-state index is 14.0. The molecule has 0 radical (unpaired) electrons. The van der Waals surface area contributed by atoms with Crippen molar-refractivity contribution in [2.75, 3.05) is 11.5 Å². The zero-order valence-electron chi connectivity index (χ0n) is 10.7. The molecule has 0 aromatic heterocycles. The molecular weight excluding hydrogens is 345 g/mol. The minimum absolute atomic E-state index is 0.0418. The number of nitrogens with one attached hydrogen (secondary N) is 1. The van der Waals surface area contributed by atoms with Crippen LogP contribution in [0.5, 0.6) is 0 Å². The van der Waals surface area contributed by atoms with Crippen LogP contribution in [-0.4, -0.2) is 39.5 Å². The Hall–Kier alpha value is -0.740. The van der Waals surface area contributed by atoms with Crippen LogP contribution in [0.25, 0.3) is 0 Å². The first kappa shape index (κ1) is 16.6. The van der Waals surface area contributed by atoms with E-state index in [-0.39, 0.29) is 28.5 Å². The van der Waals surface area contributed by atoms with Gasteiger partial charge in [-0.3, -0.25) is 0 Å². The number of hydrogen-bond donors (Lipinski definition) is 2. The molecule has 1 saturated heterocycles. The first-order valence-corrected chi connectivity index (χ1v) is 9.64. The molecule has 1 heterocycles. The van der Waals surface area contributed by atoms with Gasteiger partial charge in [0.2, 0.25) is 10.0 Å². The topological polar surface area (TPSA) is 101 Å². The van der Waals surface area contributed by atoms with Gasteiger partial charge in [0, 0.05) is 16.6 Å². The Morgan fingerprint density at radius 3 is 2.62 bits per heavy atom. The molecule has 10 heteroatoms. The summed E-state index contributed by atoms with van der Waals surface area (Å²) in [5, 5.41) is 8.95. The fourth-order valence-electron chi connectivity index (χ4n) is 2.10. The van der Waals surface area contributed by atoms with E-state index in [0.29, 0.717) is 0 Å². The van der Waals surface area contributed by atoms with Crippen molar-refractivity contribution in [3.05, 3.63) is 28.5 Å². The Balaban J connectivity index is 2.34. The van der Waals surface area contributed by atoms with E-state index in [1.165, 1.54) is 0 Å². The highest BCUT2D eigenvalue weighted by molar-refractivity contribution is 7.92. The summed E-state index contributed by atoms with van der Waals surface area (Å²) in [6, 6.07) is 1.24. The molecule has 0 aliphatic carbocycles. The normalized spacial score (nSPS) is 21.6. The van der Waals surface area contributed by atoms with Crippen molar-refractivity contribution >= 4 is 31.5 Å². The lowest BCUT2D eigenvalue weighted by atomic mass is 10.2. The monoisotopic (exact) mass is 357 g/mol. The van der Waals surface area contributed by atoms with Crippen molar-refractivity contribution in [3.8, 4) is 0 Å². The number of aliphatic hydroxyl groups is 1. The molecule has 1 aromatic carbocycles. The summed E-state index contributed by atoms with van der Waals surface area (Å²) < 4.78 is 63.1. The average molecular weight is 358 g/mol. The van der Waals surface area contributed by atoms with Gasteiger partial charge in [-0.05, 0) is 18.6 Å². The minimum atomic E-state index is -4.26. The first-order chi connectivity index (χ1) is 9.64. The second-order valence-electron chi connectivity index (χ2n) is 4.76. The molecule has 1 unspecified atom stereocenters. The van der Waals surface area contributed by atoms with Gasteiger partial charge in [-0.15, -0.1) is 0 Å². The van der Waals surface area contributed by atoms with E-state index in [4.69, 9.17) is 16.7 Å². The third kappa shape index (κ3) is 3.72. The molecule has 0 spiro atoms. The van der Waals surface area contributed by atoms with E-state index in [1.807, 2.05) is 0 Å². The highest BCUT2D eigenvalue weighted by atomic mass is 35.5. The van der Waals surface area contributed by atoms with Crippen molar-refractivity contribution in [1.82, 2.24) is 4.72 Å². The van der Waals surface area contributed by atoms with Crippen molar-refractivity contribution in [2.45, 2.75) is 24.0 Å². The van der Waals surface area contributed by atoms with Gasteiger partial charge in [0.15, 0.2) is 9.84 Å². The van der Waals surface area contributed by atoms with Crippen LogP contribution in [0.15, 0.2) is 17.0 Å². The third-order valence-electron chi connectivity index (χ3n) is 3.09. The molecule has 1 atom stereocenters. The largest absolute Gasteiger partial charge is 0.392 e. The van der Waals surface area contributed by atoms with E-state index in [1.54, 1.807) is 0 Å². The highest BCUT2D eigenvalue weighted by Gasteiger charge is 2.32. The van der Waals surface area contributed by atoms with Gasteiger partial charge in [-0.2, -0.15) is 0 Å². The number of aliphatic hydroxyl groups excluding tert-OH is 1. The zero-order chi connectivity index (χ0) is 15.8. The van der Waals surface area contributed by atoms with Gasteiger partial charge in [-0.25, -0.2) is 25.9 Å². The van der Waals surface area contributed by atoms with Crippen molar-refractivity contribution < 1.29 is 26.3 Å². The molecule has 2 N–H and O–H groups in total. The Bertz CT molecular complexity index is 763. The Morgan fingerprint density at radius 2 is 2.10 bits per heavy atom. The van der Waals surface area contributed by atoms with Crippen LogP contribution in [-0.2, 0) is 26.5 Å². The van der Waals surface area contributed by atoms with Crippen LogP contribution in [0.4, 0.5) is 4.39 Å². The molecule has 0 saturated carbocycles. The summed E-state index contributed by atoms with van der Waals surface area (Å²) in [4.78, 5) is -0.705. The molecule has 0 amide bonds. The van der Waals surface area contributed by atoms with Gasteiger partial charge in [0.25, 0.3) is 0 Å². The molecule has 1 aliphatic heterocycles. The van der Waals surface area contributed by atoms with E-state index in [9.17, 15) is 21.2 Å². The standard InChI is InChI=1S/C11H13ClFNO5S2/c12-8-3-7(5-15)11(13)10(4-8)21(18,19)14-9-1-2-20(16,17)6-9/h3-4,9,14-15H,1-2,5-6H2. The highest BCUT2D eigenvalue weighted by Crippen LogP contribution is 2.25. The molecule has 0 bridgehead atoms. The van der Waals surface area contributed by atoms with Crippen LogP contribution >= 0.6 is 11.6 Å². The van der Waals surface area contributed by atoms with Gasteiger partial charge in [0.05, 0.1) is 18.1 Å². The van der Waals surface area contributed by atoms with E-state index in [0.717, 1.165) is 12.1 Å². The van der Waals surface area contributed by atoms with Crippen molar-refractivity contribution in [2.24, 2.45) is 0 Å². The summed E-state index contributed by atoms with van der Waals surface area (Å²) >= 11 is 5.70. The predicted molar refractivity (Wildman–Crippen MR) is 74.7 cm³/mol. The van der Waals surface area contributed by atoms with Gasteiger partial charge < -0.3 is 5.11 Å². The maximum Gasteiger partial charge on any atom is 0.243 e. The molecule has 1 aliphatic rings. The fourth-order valence-corrected chi connectivity index (χ4v) is 5.60. The quantitative estimate of drug-likeness (QED) is 0.814. The van der Waals surface area contributed by atoms with E-state index < -0.39 is 43.2 Å². The van der Waals surface area contributed by atoms with Crippen LogP contribution in [0.3, 0.4) is 0 Å². The number of sulfonamides is 1. The summed E-state index contributed by atoms with van der Waals surface area (Å²) in [7, 11) is -7.53. The van der Waals surface area contributed by atoms with E-state index in [2.05, 4.69) is 4.72 Å².